The second-order valence-electron chi connectivity index (χ2n) is 5.71. The zero-order valence-corrected chi connectivity index (χ0v) is 15.2. The monoisotopic (exact) mass is 372 g/mol. The summed E-state index contributed by atoms with van der Waals surface area (Å²) in [4.78, 5) is 6.05. The average molecular weight is 372 g/mol. The fourth-order valence-corrected chi connectivity index (χ4v) is 2.12. The molecule has 0 fully saturated rings. The molecule has 1 rings (SSSR count). The molecule has 1 unspecified atom stereocenters. The fourth-order valence-electron chi connectivity index (χ4n) is 2.12. The minimum Gasteiger partial charge on any atom is -0.496 e. The van der Waals surface area contributed by atoms with Crippen molar-refractivity contribution in [2.24, 2.45) is 4.99 Å². The van der Waals surface area contributed by atoms with Crippen LogP contribution in [0.5, 0.6) is 5.75 Å². The van der Waals surface area contributed by atoms with Crippen LogP contribution >= 0.6 is 0 Å². The molecule has 0 radical (unpaired) electrons. The summed E-state index contributed by atoms with van der Waals surface area (Å²) in [7, 11) is 3.04. The third-order valence-corrected chi connectivity index (χ3v) is 3.82. The molecule has 1 atom stereocenters. The van der Waals surface area contributed by atoms with E-state index in [0.717, 1.165) is 6.54 Å². The van der Waals surface area contributed by atoms with E-state index in [2.05, 4.69) is 10.9 Å². The van der Waals surface area contributed by atoms with E-state index in [-0.39, 0.29) is 12.4 Å². The number of terminal acetylenes is 1. The number of nitrogens with zero attached hydrogens (tertiary/aromatic N) is 2. The number of aliphatic imine (C=N–C) groups is 1. The Morgan fingerprint density at radius 2 is 2.04 bits per heavy atom. The molecule has 1 aromatic carbocycles. The van der Waals surface area contributed by atoms with Gasteiger partial charge in [0.2, 0.25) is 5.60 Å². The Morgan fingerprint density at radius 1 is 1.38 bits per heavy atom. The van der Waals surface area contributed by atoms with Crippen molar-refractivity contribution < 1.29 is 27.8 Å². The molecule has 8 heteroatoms. The molecule has 0 saturated carbocycles. The molecule has 0 spiro atoms. The minimum absolute atomic E-state index is 0.147. The van der Waals surface area contributed by atoms with Gasteiger partial charge in [-0.3, -0.25) is 0 Å². The maximum Gasteiger partial charge on any atom is 0.423 e. The molecule has 0 amide bonds. The Kier molecular flexibility index (Phi) is 7.48. The van der Waals surface area contributed by atoms with E-state index in [0.29, 0.717) is 11.3 Å². The van der Waals surface area contributed by atoms with Gasteiger partial charge >= 0.3 is 6.18 Å². The summed E-state index contributed by atoms with van der Waals surface area (Å²) in [6.07, 6.45) is 1.56. The summed E-state index contributed by atoms with van der Waals surface area (Å²) in [6.45, 7) is 2.85. The molecule has 0 aliphatic heterocycles. The predicted octanol–water partition coefficient (Wildman–Crippen LogP) is 3.01. The van der Waals surface area contributed by atoms with Crippen molar-refractivity contribution >= 4 is 12.0 Å². The summed E-state index contributed by atoms with van der Waals surface area (Å²) in [5, 5.41) is 10.4. The zero-order valence-electron chi connectivity index (χ0n) is 15.2. The van der Waals surface area contributed by atoms with Crippen molar-refractivity contribution in [3.63, 3.8) is 0 Å². The van der Waals surface area contributed by atoms with Crippen molar-refractivity contribution in [1.29, 1.82) is 0 Å². The molecule has 0 aliphatic carbocycles. The van der Waals surface area contributed by atoms with Crippen molar-refractivity contribution in [2.75, 3.05) is 33.9 Å². The summed E-state index contributed by atoms with van der Waals surface area (Å²) in [5.41, 5.74) is -2.84. The first-order valence-corrected chi connectivity index (χ1v) is 7.84. The van der Waals surface area contributed by atoms with Crippen LogP contribution in [0.3, 0.4) is 0 Å². The Balaban J connectivity index is 3.42. The summed E-state index contributed by atoms with van der Waals surface area (Å²) >= 11 is 0. The quantitative estimate of drug-likeness (QED) is 0.330. The summed E-state index contributed by atoms with van der Waals surface area (Å²) < 4.78 is 50.6. The maximum absolute atomic E-state index is 13.6. The van der Waals surface area contributed by atoms with Crippen LogP contribution in [0.2, 0.25) is 0 Å². The highest BCUT2D eigenvalue weighted by atomic mass is 19.4. The molecule has 26 heavy (non-hydrogen) atoms. The normalized spacial score (nSPS) is 14.1. The second-order valence-corrected chi connectivity index (χ2v) is 5.71. The fraction of sp³-hybridized carbons (Fsp3) is 0.500. The molecular weight excluding hydrogens is 349 g/mol. The van der Waals surface area contributed by atoms with Crippen molar-refractivity contribution in [1.82, 2.24) is 4.90 Å². The first-order valence-electron chi connectivity index (χ1n) is 7.84. The summed E-state index contributed by atoms with van der Waals surface area (Å²) in [5.74, 6) is 1.92. The standard InChI is InChI=1S/C18H23F3N2O3/c1-6-8-26-11-17(24,18(19,20)21)14-9-13(3)15(10-16(14)25-5)22-12-23(4)7-2/h1,9-10,12,24H,7-8,11H2,2-5H3/b22-12+. The molecule has 144 valence electrons. The number of aryl methyl sites for hydroxylation is 1. The Hall–Kier alpha value is -2.24. The van der Waals surface area contributed by atoms with E-state index in [1.807, 2.05) is 14.0 Å². The van der Waals surface area contributed by atoms with E-state index < -0.39 is 23.9 Å². The van der Waals surface area contributed by atoms with E-state index in [1.165, 1.54) is 19.2 Å². The first-order chi connectivity index (χ1) is 12.1. The average Bonchev–Trinajstić information content (AvgIpc) is 2.59. The molecular formula is C18H23F3N2O3. The van der Waals surface area contributed by atoms with Gasteiger partial charge in [0.05, 0.1) is 25.7 Å². The number of aliphatic hydroxyl groups is 1. The van der Waals surface area contributed by atoms with Gasteiger partial charge in [0, 0.05) is 25.2 Å². The highest BCUT2D eigenvalue weighted by Gasteiger charge is 2.56. The van der Waals surface area contributed by atoms with Gasteiger partial charge in [0.1, 0.15) is 12.4 Å². The van der Waals surface area contributed by atoms with Gasteiger partial charge in [-0.05, 0) is 25.5 Å². The van der Waals surface area contributed by atoms with Crippen LogP contribution in [0.4, 0.5) is 18.9 Å². The van der Waals surface area contributed by atoms with Crippen LogP contribution in [0, 0.1) is 19.3 Å². The number of hydrogen-bond donors (Lipinski definition) is 1. The van der Waals surface area contributed by atoms with E-state index in [1.54, 1.807) is 18.2 Å². The number of alkyl halides is 3. The van der Waals surface area contributed by atoms with Gasteiger partial charge in [0.15, 0.2) is 0 Å². The van der Waals surface area contributed by atoms with Gasteiger partial charge in [-0.25, -0.2) is 4.99 Å². The summed E-state index contributed by atoms with van der Waals surface area (Å²) in [6, 6.07) is 2.55. The molecule has 0 saturated heterocycles. The van der Waals surface area contributed by atoms with E-state index in [9.17, 15) is 18.3 Å². The molecule has 1 aromatic rings. The zero-order chi connectivity index (χ0) is 20.0. The topological polar surface area (TPSA) is 54.3 Å². The van der Waals surface area contributed by atoms with Crippen LogP contribution < -0.4 is 4.74 Å². The van der Waals surface area contributed by atoms with E-state index >= 15 is 0 Å². The molecule has 5 nitrogen and oxygen atoms in total. The van der Waals surface area contributed by atoms with E-state index in [4.69, 9.17) is 15.9 Å². The second kappa shape index (κ2) is 8.92. The minimum atomic E-state index is -4.99. The maximum atomic E-state index is 13.6. The lowest BCUT2D eigenvalue weighted by atomic mass is 9.91. The van der Waals surface area contributed by atoms with Crippen molar-refractivity contribution in [3.05, 3.63) is 23.3 Å². The third kappa shape index (κ3) is 4.90. The number of halogens is 3. The Morgan fingerprint density at radius 3 is 2.54 bits per heavy atom. The van der Waals surface area contributed by atoms with Crippen LogP contribution in [-0.4, -0.2) is 56.4 Å². The van der Waals surface area contributed by atoms with Gasteiger partial charge in [-0.1, -0.05) is 5.92 Å². The lowest BCUT2D eigenvalue weighted by molar-refractivity contribution is -0.281. The Labute approximate surface area is 151 Å². The molecule has 1 N–H and O–H groups in total. The van der Waals surface area contributed by atoms with Crippen molar-refractivity contribution in [3.8, 4) is 18.1 Å². The lowest BCUT2D eigenvalue weighted by Crippen LogP contribution is -2.46. The number of ether oxygens (including phenoxy) is 2. The van der Waals surface area contributed by atoms with Gasteiger partial charge in [-0.15, -0.1) is 6.42 Å². The third-order valence-electron chi connectivity index (χ3n) is 3.82. The molecule has 0 heterocycles. The molecule has 0 bridgehead atoms. The molecule has 0 aliphatic rings. The van der Waals surface area contributed by atoms with Gasteiger partial charge in [-0.2, -0.15) is 13.2 Å². The number of hydrogen-bond acceptors (Lipinski definition) is 4. The van der Waals surface area contributed by atoms with Crippen LogP contribution in [0.25, 0.3) is 0 Å². The predicted molar refractivity (Wildman–Crippen MR) is 93.8 cm³/mol. The first kappa shape index (κ1) is 21.8. The number of methoxy groups -OCH3 is 1. The molecule has 0 aromatic heterocycles. The van der Waals surface area contributed by atoms with Crippen LogP contribution in [0.15, 0.2) is 17.1 Å². The van der Waals surface area contributed by atoms with Crippen LogP contribution in [0.1, 0.15) is 18.1 Å². The largest absolute Gasteiger partial charge is 0.496 e. The number of rotatable bonds is 8. The lowest BCUT2D eigenvalue weighted by Gasteiger charge is -2.32. The van der Waals surface area contributed by atoms with Gasteiger partial charge < -0.3 is 19.5 Å². The smallest absolute Gasteiger partial charge is 0.423 e. The highest BCUT2D eigenvalue weighted by molar-refractivity contribution is 5.65. The van der Waals surface area contributed by atoms with Crippen molar-refractivity contribution in [2.45, 2.75) is 25.6 Å². The highest BCUT2D eigenvalue weighted by Crippen LogP contribution is 2.44. The van der Waals surface area contributed by atoms with Crippen LogP contribution in [-0.2, 0) is 10.3 Å². The number of benzene rings is 1. The van der Waals surface area contributed by atoms with Gasteiger partial charge in [0.25, 0.3) is 0 Å². The Bertz CT molecular complexity index is 683. The SMILES string of the molecule is C#CCOCC(O)(c1cc(C)c(/N=C/N(C)CC)cc1OC)C(F)(F)F.